The number of ether oxygens (including phenoxy) is 1. The maximum absolute atomic E-state index is 11.7. The topological polar surface area (TPSA) is 50.4 Å². The van der Waals surface area contributed by atoms with Gasteiger partial charge in [0.1, 0.15) is 0 Å². The largest absolute Gasteiger partial charge is 0.374 e. The highest BCUT2D eigenvalue weighted by molar-refractivity contribution is 5.75. The van der Waals surface area contributed by atoms with Crippen molar-refractivity contribution in [3.63, 3.8) is 0 Å². The predicted octanol–water partition coefficient (Wildman–Crippen LogP) is 1.70. The molecule has 0 aromatic heterocycles. The van der Waals surface area contributed by atoms with E-state index in [2.05, 4.69) is 10.6 Å². The van der Waals surface area contributed by atoms with Gasteiger partial charge in [0.15, 0.2) is 0 Å². The van der Waals surface area contributed by atoms with Crippen LogP contribution in [0.3, 0.4) is 0 Å². The smallest absolute Gasteiger partial charge is 0.220 e. The zero-order valence-electron chi connectivity index (χ0n) is 12.1. The summed E-state index contributed by atoms with van der Waals surface area (Å²) in [4.78, 5) is 11.7. The lowest BCUT2D eigenvalue weighted by Gasteiger charge is -2.25. The van der Waals surface area contributed by atoms with Gasteiger partial charge in [-0.05, 0) is 59.0 Å². The molecular weight excluding hydrogens is 228 g/mol. The van der Waals surface area contributed by atoms with E-state index in [0.29, 0.717) is 25.5 Å². The molecule has 4 nitrogen and oxygen atoms in total. The lowest BCUT2D eigenvalue weighted by molar-refractivity contribution is -0.123. The van der Waals surface area contributed by atoms with Crippen molar-refractivity contribution in [2.45, 2.75) is 52.1 Å². The molecule has 1 unspecified atom stereocenters. The SMILES string of the molecule is CCOC(C)(C)CNC(=O)CCC1CCCNC1. The van der Waals surface area contributed by atoms with Crippen LogP contribution in [0, 0.1) is 5.92 Å². The van der Waals surface area contributed by atoms with Crippen molar-refractivity contribution < 1.29 is 9.53 Å². The molecule has 0 spiro atoms. The minimum Gasteiger partial charge on any atom is -0.374 e. The van der Waals surface area contributed by atoms with E-state index >= 15 is 0 Å². The van der Waals surface area contributed by atoms with Gasteiger partial charge in [-0.25, -0.2) is 0 Å². The fourth-order valence-electron chi connectivity index (χ4n) is 2.35. The lowest BCUT2D eigenvalue weighted by atomic mass is 9.94. The Morgan fingerprint density at radius 1 is 1.50 bits per heavy atom. The van der Waals surface area contributed by atoms with Gasteiger partial charge >= 0.3 is 0 Å². The minimum atomic E-state index is -0.267. The average Bonchev–Trinajstić information content (AvgIpc) is 2.35. The Morgan fingerprint density at radius 2 is 2.28 bits per heavy atom. The first kappa shape index (κ1) is 15.4. The van der Waals surface area contributed by atoms with Gasteiger partial charge in [-0.3, -0.25) is 4.79 Å². The number of nitrogens with one attached hydrogen (secondary N) is 2. The van der Waals surface area contributed by atoms with Gasteiger partial charge in [0.05, 0.1) is 5.60 Å². The first-order valence-corrected chi connectivity index (χ1v) is 7.15. The molecule has 0 bridgehead atoms. The molecule has 1 amide bonds. The number of carbonyl (C=O) groups is 1. The Morgan fingerprint density at radius 3 is 2.89 bits per heavy atom. The average molecular weight is 256 g/mol. The second-order valence-electron chi connectivity index (χ2n) is 5.72. The van der Waals surface area contributed by atoms with E-state index in [0.717, 1.165) is 19.5 Å². The predicted molar refractivity (Wildman–Crippen MR) is 73.5 cm³/mol. The summed E-state index contributed by atoms with van der Waals surface area (Å²) in [5.74, 6) is 0.817. The Balaban J connectivity index is 2.13. The van der Waals surface area contributed by atoms with Crippen LogP contribution in [0.5, 0.6) is 0 Å². The van der Waals surface area contributed by atoms with Crippen LogP contribution in [0.4, 0.5) is 0 Å². The summed E-state index contributed by atoms with van der Waals surface area (Å²) in [6.07, 6.45) is 4.12. The lowest BCUT2D eigenvalue weighted by Crippen LogP contribution is -2.40. The third kappa shape index (κ3) is 6.36. The molecule has 2 N–H and O–H groups in total. The Hall–Kier alpha value is -0.610. The minimum absolute atomic E-state index is 0.147. The Labute approximate surface area is 111 Å². The van der Waals surface area contributed by atoms with Crippen LogP contribution in [0.1, 0.15) is 46.5 Å². The monoisotopic (exact) mass is 256 g/mol. The molecule has 1 rings (SSSR count). The van der Waals surface area contributed by atoms with Crippen molar-refractivity contribution >= 4 is 5.91 Å². The van der Waals surface area contributed by atoms with E-state index in [1.54, 1.807) is 0 Å². The van der Waals surface area contributed by atoms with Gasteiger partial charge in [0, 0.05) is 19.6 Å². The molecule has 0 aromatic carbocycles. The van der Waals surface area contributed by atoms with Crippen LogP contribution in [-0.4, -0.2) is 37.7 Å². The first-order valence-electron chi connectivity index (χ1n) is 7.15. The number of piperidine rings is 1. The van der Waals surface area contributed by atoms with Gasteiger partial charge in [-0.1, -0.05) is 0 Å². The van der Waals surface area contributed by atoms with Crippen LogP contribution in [0.2, 0.25) is 0 Å². The molecule has 0 aromatic rings. The molecule has 1 saturated heterocycles. The van der Waals surface area contributed by atoms with E-state index in [4.69, 9.17) is 4.74 Å². The van der Waals surface area contributed by atoms with Crippen LogP contribution in [0.15, 0.2) is 0 Å². The molecule has 1 aliphatic rings. The third-order valence-electron chi connectivity index (χ3n) is 3.42. The van der Waals surface area contributed by atoms with E-state index in [-0.39, 0.29) is 11.5 Å². The van der Waals surface area contributed by atoms with Crippen molar-refractivity contribution in [1.29, 1.82) is 0 Å². The molecule has 1 aliphatic heterocycles. The highest BCUT2D eigenvalue weighted by Gasteiger charge is 2.19. The van der Waals surface area contributed by atoms with Crippen molar-refractivity contribution in [2.75, 3.05) is 26.2 Å². The molecule has 4 heteroatoms. The maximum Gasteiger partial charge on any atom is 0.220 e. The van der Waals surface area contributed by atoms with Crippen molar-refractivity contribution in [2.24, 2.45) is 5.92 Å². The molecule has 0 saturated carbocycles. The number of carbonyl (C=O) groups excluding carboxylic acids is 1. The number of amides is 1. The summed E-state index contributed by atoms with van der Waals surface area (Å²) in [5.41, 5.74) is -0.267. The molecular formula is C14H28N2O2. The highest BCUT2D eigenvalue weighted by Crippen LogP contribution is 2.15. The number of hydrogen-bond acceptors (Lipinski definition) is 3. The van der Waals surface area contributed by atoms with E-state index in [1.165, 1.54) is 12.8 Å². The van der Waals surface area contributed by atoms with E-state index < -0.39 is 0 Å². The summed E-state index contributed by atoms with van der Waals surface area (Å²) in [6.45, 7) is 9.44. The highest BCUT2D eigenvalue weighted by atomic mass is 16.5. The van der Waals surface area contributed by atoms with Crippen LogP contribution in [-0.2, 0) is 9.53 Å². The molecule has 1 fully saturated rings. The summed E-state index contributed by atoms with van der Waals surface area (Å²) >= 11 is 0. The molecule has 0 aliphatic carbocycles. The Bertz CT molecular complexity index is 248. The standard InChI is InChI=1S/C14H28N2O2/c1-4-18-14(2,3)11-16-13(17)8-7-12-6-5-9-15-10-12/h12,15H,4-11H2,1-3H3,(H,16,17). The quantitative estimate of drug-likeness (QED) is 0.729. The Kier molecular flexibility index (Phi) is 6.65. The number of hydrogen-bond donors (Lipinski definition) is 2. The van der Waals surface area contributed by atoms with E-state index in [9.17, 15) is 4.79 Å². The summed E-state index contributed by atoms with van der Waals surface area (Å²) < 4.78 is 5.55. The fourth-order valence-corrected chi connectivity index (χ4v) is 2.35. The fraction of sp³-hybridized carbons (Fsp3) is 0.929. The molecule has 18 heavy (non-hydrogen) atoms. The molecule has 1 heterocycles. The van der Waals surface area contributed by atoms with Crippen LogP contribution < -0.4 is 10.6 Å². The second-order valence-corrected chi connectivity index (χ2v) is 5.72. The van der Waals surface area contributed by atoms with Gasteiger partial charge in [0.25, 0.3) is 0 Å². The summed E-state index contributed by atoms with van der Waals surface area (Å²) in [7, 11) is 0. The third-order valence-corrected chi connectivity index (χ3v) is 3.42. The summed E-state index contributed by atoms with van der Waals surface area (Å²) in [5, 5.41) is 6.34. The molecule has 0 radical (unpaired) electrons. The first-order chi connectivity index (χ1) is 8.53. The van der Waals surface area contributed by atoms with Crippen LogP contribution in [0.25, 0.3) is 0 Å². The second kappa shape index (κ2) is 7.74. The molecule has 106 valence electrons. The van der Waals surface area contributed by atoms with Crippen molar-refractivity contribution in [3.05, 3.63) is 0 Å². The molecule has 1 atom stereocenters. The van der Waals surface area contributed by atoms with Gasteiger partial charge in [-0.15, -0.1) is 0 Å². The van der Waals surface area contributed by atoms with Gasteiger partial charge in [0.2, 0.25) is 5.91 Å². The zero-order chi connectivity index (χ0) is 13.4. The maximum atomic E-state index is 11.7. The van der Waals surface area contributed by atoms with Crippen molar-refractivity contribution in [1.82, 2.24) is 10.6 Å². The summed E-state index contributed by atoms with van der Waals surface area (Å²) in [6, 6.07) is 0. The van der Waals surface area contributed by atoms with Crippen LogP contribution >= 0.6 is 0 Å². The number of rotatable bonds is 7. The van der Waals surface area contributed by atoms with Gasteiger partial charge < -0.3 is 15.4 Å². The van der Waals surface area contributed by atoms with Crippen molar-refractivity contribution in [3.8, 4) is 0 Å². The zero-order valence-corrected chi connectivity index (χ0v) is 12.1. The van der Waals surface area contributed by atoms with Gasteiger partial charge in [-0.2, -0.15) is 0 Å². The normalized spacial score (nSPS) is 20.7. The van der Waals surface area contributed by atoms with E-state index in [1.807, 2.05) is 20.8 Å².